The number of aromatic nitrogens is 3. The van der Waals surface area contributed by atoms with Gasteiger partial charge in [0.2, 0.25) is 0 Å². The molecule has 1 amide bonds. The average molecular weight is 450 g/mol. The lowest BCUT2D eigenvalue weighted by atomic mass is 9.99. The molecular weight excluding hydrogens is 421 g/mol. The molecule has 3 rings (SSSR count). The van der Waals surface area contributed by atoms with E-state index < -0.39 is 0 Å². The third-order valence-corrected chi connectivity index (χ3v) is 4.83. The number of hydrogen-bond acceptors (Lipinski definition) is 4. The van der Waals surface area contributed by atoms with Crippen LogP contribution in [0.5, 0.6) is 0 Å². The second kappa shape index (κ2) is 11.7. The normalized spacial score (nSPS) is 11.4. The molecule has 3 N–H and O–H groups in total. The van der Waals surface area contributed by atoms with E-state index in [1.54, 1.807) is 17.1 Å². The Kier molecular flexibility index (Phi) is 9.99. The van der Waals surface area contributed by atoms with E-state index in [2.05, 4.69) is 41.4 Å². The highest BCUT2D eigenvalue weighted by atomic mass is 35.5. The van der Waals surface area contributed by atoms with Crippen LogP contribution in [-0.2, 0) is 6.42 Å². The molecule has 1 aromatic carbocycles. The zero-order valence-corrected chi connectivity index (χ0v) is 19.0. The molecule has 0 saturated heterocycles. The Morgan fingerprint density at radius 1 is 1.10 bits per heavy atom. The number of halogens is 2. The van der Waals surface area contributed by atoms with Gasteiger partial charge in [0, 0.05) is 18.8 Å². The van der Waals surface area contributed by atoms with E-state index in [-0.39, 0.29) is 36.8 Å². The monoisotopic (exact) mass is 449 g/mol. The third-order valence-electron chi connectivity index (χ3n) is 4.83. The second-order valence-electron chi connectivity index (χ2n) is 7.10. The van der Waals surface area contributed by atoms with E-state index in [1.165, 1.54) is 5.56 Å². The van der Waals surface area contributed by atoms with Crippen LogP contribution in [0.1, 0.15) is 59.9 Å². The van der Waals surface area contributed by atoms with Crippen LogP contribution in [0.3, 0.4) is 0 Å². The Bertz CT molecular complexity index is 926. The van der Waals surface area contributed by atoms with Crippen molar-refractivity contribution in [1.82, 2.24) is 20.1 Å². The quantitative estimate of drug-likeness (QED) is 0.564. The number of pyridine rings is 1. The number of nitrogens with one attached hydrogen (secondary N) is 1. The maximum atomic E-state index is 12.7. The fourth-order valence-electron chi connectivity index (χ4n) is 3.12. The van der Waals surface area contributed by atoms with Crippen LogP contribution in [0.15, 0.2) is 54.9 Å². The number of carbonyl (C=O) groups is 1. The summed E-state index contributed by atoms with van der Waals surface area (Å²) in [5.74, 6) is 1.00. The molecule has 0 aliphatic rings. The second-order valence-corrected chi connectivity index (χ2v) is 7.10. The summed E-state index contributed by atoms with van der Waals surface area (Å²) >= 11 is 0. The van der Waals surface area contributed by atoms with Gasteiger partial charge in [0.15, 0.2) is 5.82 Å². The Morgan fingerprint density at radius 3 is 2.33 bits per heavy atom. The highest BCUT2D eigenvalue weighted by Crippen LogP contribution is 2.18. The van der Waals surface area contributed by atoms with Crippen LogP contribution in [-0.4, -0.2) is 27.2 Å². The van der Waals surface area contributed by atoms with Crippen molar-refractivity contribution >= 4 is 30.7 Å². The van der Waals surface area contributed by atoms with E-state index in [1.807, 2.05) is 37.3 Å². The van der Waals surface area contributed by atoms with Crippen LogP contribution in [0, 0.1) is 0 Å². The van der Waals surface area contributed by atoms with Gasteiger partial charge in [0.1, 0.15) is 0 Å². The van der Waals surface area contributed by atoms with Gasteiger partial charge >= 0.3 is 0 Å². The molecule has 2 heterocycles. The maximum Gasteiger partial charge on any atom is 0.254 e. The van der Waals surface area contributed by atoms with E-state index in [9.17, 15) is 4.79 Å². The molecule has 0 bridgehead atoms. The van der Waals surface area contributed by atoms with E-state index in [0.717, 1.165) is 11.3 Å². The molecule has 0 radical (unpaired) electrons. The number of nitrogens with zero attached hydrogens (tertiary/aromatic N) is 3. The Hall–Kier alpha value is -2.41. The number of rotatable bonds is 7. The molecule has 3 aromatic rings. The molecule has 1 atom stereocenters. The molecule has 0 saturated carbocycles. The lowest BCUT2D eigenvalue weighted by Crippen LogP contribution is -2.32. The summed E-state index contributed by atoms with van der Waals surface area (Å²) in [5.41, 5.74) is 9.92. The fraction of sp³-hybridized carbons (Fsp3) is 0.318. The zero-order valence-electron chi connectivity index (χ0n) is 17.4. The van der Waals surface area contributed by atoms with Crippen LogP contribution >= 0.6 is 24.8 Å². The summed E-state index contributed by atoms with van der Waals surface area (Å²) in [6.07, 6.45) is 3.97. The third kappa shape index (κ3) is 5.81. The number of benzene rings is 1. The van der Waals surface area contributed by atoms with Crippen molar-refractivity contribution in [2.24, 2.45) is 5.73 Å². The first-order chi connectivity index (χ1) is 13.5. The van der Waals surface area contributed by atoms with Crippen LogP contribution in [0.4, 0.5) is 0 Å². The highest BCUT2D eigenvalue weighted by molar-refractivity contribution is 5.95. The smallest absolute Gasteiger partial charge is 0.254 e. The van der Waals surface area contributed by atoms with Crippen molar-refractivity contribution in [2.45, 2.75) is 39.2 Å². The van der Waals surface area contributed by atoms with Gasteiger partial charge in [-0.2, -0.15) is 5.10 Å². The average Bonchev–Trinajstić information content (AvgIpc) is 3.16. The summed E-state index contributed by atoms with van der Waals surface area (Å²) in [5, 5.41) is 7.29. The van der Waals surface area contributed by atoms with Gasteiger partial charge in [0.25, 0.3) is 5.91 Å². The predicted molar refractivity (Wildman–Crippen MR) is 125 cm³/mol. The number of nitrogens with two attached hydrogens (primary N) is 1. The number of hydrogen-bond donors (Lipinski definition) is 2. The zero-order chi connectivity index (χ0) is 20.1. The molecule has 6 nitrogen and oxygen atoms in total. The first kappa shape index (κ1) is 25.6. The standard InChI is InChI=1S/C22H27N5O.2ClH/c1-4-20-18(13-26-27(20)21-7-5-6-12-24-21)22(28)25-14-19(23)17-10-8-16(9-11-17)15(2)3;;/h5-13,15,19H,4,14,23H2,1-3H3,(H,25,28);2*1H. The fourth-order valence-corrected chi connectivity index (χ4v) is 3.12. The molecule has 0 aliphatic carbocycles. The van der Waals surface area contributed by atoms with Gasteiger partial charge in [-0.25, -0.2) is 9.67 Å². The summed E-state index contributed by atoms with van der Waals surface area (Å²) in [7, 11) is 0. The van der Waals surface area contributed by atoms with Gasteiger partial charge < -0.3 is 11.1 Å². The first-order valence-electron chi connectivity index (χ1n) is 9.63. The Morgan fingerprint density at radius 2 is 1.77 bits per heavy atom. The lowest BCUT2D eigenvalue weighted by Gasteiger charge is -2.15. The molecule has 1 unspecified atom stereocenters. The molecular formula is C22H29Cl2N5O. The minimum atomic E-state index is -0.263. The minimum Gasteiger partial charge on any atom is -0.350 e. The van der Waals surface area contributed by atoms with Gasteiger partial charge in [0.05, 0.1) is 17.5 Å². The molecule has 30 heavy (non-hydrogen) atoms. The summed E-state index contributed by atoms with van der Waals surface area (Å²) < 4.78 is 1.71. The molecule has 2 aromatic heterocycles. The summed E-state index contributed by atoms with van der Waals surface area (Å²) in [4.78, 5) is 17.0. The first-order valence-corrected chi connectivity index (χ1v) is 9.63. The van der Waals surface area contributed by atoms with Crippen LogP contribution in [0.2, 0.25) is 0 Å². The Labute approximate surface area is 190 Å². The van der Waals surface area contributed by atoms with Gasteiger partial charge in [-0.1, -0.05) is 51.1 Å². The number of carbonyl (C=O) groups excluding carboxylic acids is 1. The van der Waals surface area contributed by atoms with Crippen LogP contribution < -0.4 is 11.1 Å². The van der Waals surface area contributed by atoms with Crippen molar-refractivity contribution in [3.05, 3.63) is 77.2 Å². The topological polar surface area (TPSA) is 85.8 Å². The molecule has 8 heteroatoms. The molecule has 0 fully saturated rings. The minimum absolute atomic E-state index is 0. The van der Waals surface area contributed by atoms with Crippen molar-refractivity contribution in [3.63, 3.8) is 0 Å². The van der Waals surface area contributed by atoms with Crippen molar-refractivity contribution < 1.29 is 4.79 Å². The lowest BCUT2D eigenvalue weighted by molar-refractivity contribution is 0.0950. The maximum absolute atomic E-state index is 12.7. The SMILES string of the molecule is CCc1c(C(=O)NCC(N)c2ccc(C(C)C)cc2)cnn1-c1ccccn1.Cl.Cl. The van der Waals surface area contributed by atoms with E-state index in [0.29, 0.717) is 30.3 Å². The predicted octanol–water partition coefficient (Wildman–Crippen LogP) is 4.23. The largest absolute Gasteiger partial charge is 0.350 e. The highest BCUT2D eigenvalue weighted by Gasteiger charge is 2.18. The number of amides is 1. The van der Waals surface area contributed by atoms with Gasteiger partial charge in [-0.3, -0.25) is 4.79 Å². The summed E-state index contributed by atoms with van der Waals surface area (Å²) in [6, 6.07) is 13.6. The van der Waals surface area contributed by atoms with Crippen molar-refractivity contribution in [2.75, 3.05) is 6.54 Å². The van der Waals surface area contributed by atoms with E-state index in [4.69, 9.17) is 5.73 Å². The van der Waals surface area contributed by atoms with E-state index >= 15 is 0 Å². The molecule has 162 valence electrons. The van der Waals surface area contributed by atoms with Crippen LogP contribution in [0.25, 0.3) is 5.82 Å². The van der Waals surface area contributed by atoms with Crippen molar-refractivity contribution in [1.29, 1.82) is 0 Å². The van der Waals surface area contributed by atoms with Crippen molar-refractivity contribution in [3.8, 4) is 5.82 Å². The molecule has 0 aliphatic heterocycles. The Balaban J connectivity index is 0.00000225. The summed E-state index contributed by atoms with van der Waals surface area (Å²) in [6.45, 7) is 6.67. The molecule has 0 spiro atoms. The van der Waals surface area contributed by atoms with Gasteiger partial charge in [-0.15, -0.1) is 24.8 Å². The van der Waals surface area contributed by atoms with Gasteiger partial charge in [-0.05, 0) is 35.6 Å².